The second-order valence-corrected chi connectivity index (χ2v) is 5.67. The Morgan fingerprint density at radius 3 is 2.62 bits per heavy atom. The molecule has 0 saturated carbocycles. The minimum absolute atomic E-state index is 0.0101. The Labute approximate surface area is 127 Å². The highest BCUT2D eigenvalue weighted by Gasteiger charge is 2.27. The van der Waals surface area contributed by atoms with Crippen molar-refractivity contribution in [2.45, 2.75) is 26.1 Å². The van der Waals surface area contributed by atoms with Crippen LogP contribution in [0.25, 0.3) is 0 Å². The van der Waals surface area contributed by atoms with Gasteiger partial charge in [0.15, 0.2) is 5.79 Å². The summed E-state index contributed by atoms with van der Waals surface area (Å²) < 4.78 is 10.9. The summed E-state index contributed by atoms with van der Waals surface area (Å²) in [4.78, 5) is 10.5. The summed E-state index contributed by atoms with van der Waals surface area (Å²) in [6, 6.07) is 4.25. The van der Waals surface area contributed by atoms with Gasteiger partial charge in [0.25, 0.3) is 5.69 Å². The van der Waals surface area contributed by atoms with Gasteiger partial charge >= 0.3 is 0 Å². The number of hydrogen-bond acceptors (Lipinski definition) is 5. The van der Waals surface area contributed by atoms with Crippen LogP contribution in [-0.4, -0.2) is 29.0 Å². The van der Waals surface area contributed by atoms with E-state index in [1.54, 1.807) is 13.8 Å². The third kappa shape index (κ3) is 3.93. The minimum atomic E-state index is -0.689. The summed E-state index contributed by atoms with van der Waals surface area (Å²) in [5, 5.41) is 21.5. The van der Waals surface area contributed by atoms with Gasteiger partial charge < -0.3 is 14.6 Å². The first-order chi connectivity index (χ1) is 9.78. The topological polar surface area (TPSA) is 81.8 Å². The van der Waals surface area contributed by atoms with E-state index in [0.717, 1.165) is 0 Å². The Kier molecular flexibility index (Phi) is 4.51. The Balaban J connectivity index is 2.22. The van der Waals surface area contributed by atoms with Crippen LogP contribution in [-0.2, 0) is 15.9 Å². The Morgan fingerprint density at radius 2 is 2.05 bits per heavy atom. The second-order valence-electron chi connectivity index (χ2n) is 5.23. The number of halogens is 1. The predicted molar refractivity (Wildman–Crippen MR) is 77.4 cm³/mol. The molecule has 0 aliphatic carbocycles. The molecule has 1 aliphatic rings. The lowest BCUT2D eigenvalue weighted by Crippen LogP contribution is -2.36. The highest BCUT2D eigenvalue weighted by atomic mass is 35.5. The quantitative estimate of drug-likeness (QED) is 0.525. The predicted octanol–water partition coefficient (Wildman–Crippen LogP) is 3.39. The highest BCUT2D eigenvalue weighted by Crippen LogP contribution is 2.27. The van der Waals surface area contributed by atoms with Crippen LogP contribution in [0.3, 0.4) is 0 Å². The molecule has 1 aliphatic heterocycles. The van der Waals surface area contributed by atoms with E-state index in [0.29, 0.717) is 16.2 Å². The summed E-state index contributed by atoms with van der Waals surface area (Å²) in [7, 11) is 0. The molecular weight excluding hydrogens is 298 g/mol. The molecule has 1 heterocycles. The van der Waals surface area contributed by atoms with Crippen molar-refractivity contribution in [2.75, 3.05) is 13.2 Å². The van der Waals surface area contributed by atoms with Gasteiger partial charge in [0, 0.05) is 28.6 Å². The number of rotatable bonds is 3. The Hall–Kier alpha value is -1.63. The van der Waals surface area contributed by atoms with E-state index in [9.17, 15) is 15.2 Å². The normalized spacial score (nSPS) is 17.6. The number of aliphatic hydroxyl groups excluding tert-OH is 1. The average Bonchev–Trinajstić information content (AvgIpc) is 2.38. The molecule has 1 aromatic carbocycles. The second kappa shape index (κ2) is 6.01. The Bertz CT molecular complexity index is 585. The monoisotopic (exact) mass is 313 g/mol. The zero-order chi connectivity index (χ0) is 15.6. The van der Waals surface area contributed by atoms with Gasteiger partial charge in [0.05, 0.1) is 18.1 Å². The van der Waals surface area contributed by atoms with E-state index in [1.807, 2.05) is 0 Å². The molecule has 2 rings (SSSR count). The first-order valence-electron chi connectivity index (χ1n) is 6.39. The van der Waals surface area contributed by atoms with Gasteiger partial charge in [-0.2, -0.15) is 0 Å². The number of ether oxygens (including phenoxy) is 2. The van der Waals surface area contributed by atoms with Crippen LogP contribution in [0.2, 0.25) is 5.02 Å². The molecule has 1 fully saturated rings. The molecule has 7 heteroatoms. The number of aliphatic hydroxyl groups is 1. The standard InChI is InChI=1S/C14H16ClNO5/c1-14(2)20-7-10(8-21-14)13(17)6-9-5-11(15)3-4-12(9)16(18)19/h3-5,17H,6-8H2,1-2H3. The van der Waals surface area contributed by atoms with Crippen molar-refractivity contribution in [2.24, 2.45) is 0 Å². The smallest absolute Gasteiger partial charge is 0.273 e. The van der Waals surface area contributed by atoms with E-state index >= 15 is 0 Å². The van der Waals surface area contributed by atoms with Crippen molar-refractivity contribution in [3.05, 3.63) is 50.2 Å². The van der Waals surface area contributed by atoms with E-state index in [4.69, 9.17) is 21.1 Å². The van der Waals surface area contributed by atoms with Gasteiger partial charge in [-0.25, -0.2) is 0 Å². The molecule has 0 aromatic heterocycles. The van der Waals surface area contributed by atoms with Gasteiger partial charge in [0.1, 0.15) is 5.76 Å². The fourth-order valence-electron chi connectivity index (χ4n) is 1.95. The molecule has 0 amide bonds. The molecule has 0 unspecified atom stereocenters. The van der Waals surface area contributed by atoms with Gasteiger partial charge in [-0.1, -0.05) is 11.6 Å². The first kappa shape index (κ1) is 15.8. The zero-order valence-corrected chi connectivity index (χ0v) is 12.5. The van der Waals surface area contributed by atoms with Crippen molar-refractivity contribution < 1.29 is 19.5 Å². The number of nitrogens with zero attached hydrogens (tertiary/aromatic N) is 1. The van der Waals surface area contributed by atoms with Crippen LogP contribution in [0.4, 0.5) is 5.69 Å². The van der Waals surface area contributed by atoms with E-state index in [-0.39, 0.29) is 31.1 Å². The van der Waals surface area contributed by atoms with Gasteiger partial charge in [-0.15, -0.1) is 0 Å². The van der Waals surface area contributed by atoms with Gasteiger partial charge in [0.2, 0.25) is 0 Å². The van der Waals surface area contributed by atoms with Crippen molar-refractivity contribution in [3.63, 3.8) is 0 Å². The molecule has 0 radical (unpaired) electrons. The fraction of sp³-hybridized carbons (Fsp3) is 0.429. The van der Waals surface area contributed by atoms with E-state index in [1.165, 1.54) is 18.2 Å². The third-order valence-corrected chi connectivity index (χ3v) is 3.43. The van der Waals surface area contributed by atoms with Gasteiger partial charge in [-0.3, -0.25) is 10.1 Å². The van der Waals surface area contributed by atoms with E-state index in [2.05, 4.69) is 0 Å². The lowest BCUT2D eigenvalue weighted by molar-refractivity contribution is -0.385. The molecule has 1 saturated heterocycles. The van der Waals surface area contributed by atoms with Crippen LogP contribution in [0.5, 0.6) is 0 Å². The largest absolute Gasteiger partial charge is 0.512 e. The minimum Gasteiger partial charge on any atom is -0.512 e. The fourth-order valence-corrected chi connectivity index (χ4v) is 2.15. The first-order valence-corrected chi connectivity index (χ1v) is 6.77. The lowest BCUT2D eigenvalue weighted by atomic mass is 10.1. The maximum absolute atomic E-state index is 11.0. The maximum Gasteiger partial charge on any atom is 0.273 e. The van der Waals surface area contributed by atoms with Crippen molar-refractivity contribution in [1.82, 2.24) is 0 Å². The highest BCUT2D eigenvalue weighted by molar-refractivity contribution is 6.30. The van der Waals surface area contributed by atoms with Crippen LogP contribution in [0.1, 0.15) is 19.4 Å². The van der Waals surface area contributed by atoms with Crippen molar-refractivity contribution in [3.8, 4) is 0 Å². The maximum atomic E-state index is 11.0. The molecule has 1 aromatic rings. The summed E-state index contributed by atoms with van der Waals surface area (Å²) in [6.45, 7) is 4.02. The van der Waals surface area contributed by atoms with E-state index < -0.39 is 10.7 Å². The van der Waals surface area contributed by atoms with Crippen molar-refractivity contribution >= 4 is 17.3 Å². The molecule has 6 nitrogen and oxygen atoms in total. The number of hydrogen-bond donors (Lipinski definition) is 1. The number of nitro benzene ring substituents is 1. The molecule has 21 heavy (non-hydrogen) atoms. The molecule has 114 valence electrons. The summed E-state index contributed by atoms with van der Waals surface area (Å²) in [5.41, 5.74) is 0.843. The summed E-state index contributed by atoms with van der Waals surface area (Å²) in [6.07, 6.45) is 0.0132. The molecule has 0 atom stereocenters. The van der Waals surface area contributed by atoms with Gasteiger partial charge in [-0.05, 0) is 26.0 Å². The molecule has 0 spiro atoms. The number of nitro groups is 1. The molecule has 1 N–H and O–H groups in total. The summed E-state index contributed by atoms with van der Waals surface area (Å²) >= 11 is 5.86. The molecular formula is C14H16ClNO5. The van der Waals surface area contributed by atoms with Crippen LogP contribution in [0, 0.1) is 10.1 Å². The number of allylic oxidation sites excluding steroid dienone is 1. The zero-order valence-electron chi connectivity index (χ0n) is 11.8. The van der Waals surface area contributed by atoms with Crippen molar-refractivity contribution in [1.29, 1.82) is 0 Å². The molecule has 0 bridgehead atoms. The average molecular weight is 314 g/mol. The lowest BCUT2D eigenvalue weighted by Gasteiger charge is -2.32. The SMILES string of the molecule is CC1(C)OCC(=C(O)Cc2cc(Cl)ccc2[N+](=O)[O-])CO1. The Morgan fingerprint density at radius 1 is 1.43 bits per heavy atom. The van der Waals surface area contributed by atoms with Crippen LogP contribution < -0.4 is 0 Å². The van der Waals surface area contributed by atoms with Crippen LogP contribution in [0.15, 0.2) is 29.5 Å². The summed E-state index contributed by atoms with van der Waals surface area (Å²) in [5.74, 6) is -0.679. The third-order valence-electron chi connectivity index (χ3n) is 3.19. The number of benzene rings is 1. The van der Waals surface area contributed by atoms with Crippen LogP contribution >= 0.6 is 11.6 Å².